The molecule has 0 aliphatic rings. The molecule has 0 aromatic rings. The number of Topliss-reactive ketones (excluding diaryl/α,β-unsaturated/α-hetero) is 1. The standard InChI is InChI=1S/C30H47N3O9S/c1-2-3-4-5-6-7-8-9-10-11-12-14-22(19-23(34)15-13-16-27(36)37)32-24(30(41)42)17-18-26(35)33-25(21-43)29(40)31-20-28(38)39/h6-7,9-10,12,14,22,24-25,32,43H,2-5,8,11,13,15-21H2,1H3,(H,31,40)(H,33,35)(H,36,37)(H,38,39)(H,41,42)/t22?,24-,25-/m0/s1. The molecule has 0 fully saturated rings. The number of unbranched alkanes of at least 4 members (excludes halogenated alkanes) is 3. The summed E-state index contributed by atoms with van der Waals surface area (Å²) >= 11 is 4.00. The van der Waals surface area contributed by atoms with E-state index in [0.29, 0.717) is 6.42 Å². The highest BCUT2D eigenvalue weighted by Gasteiger charge is 2.25. The van der Waals surface area contributed by atoms with Gasteiger partial charge in [-0.3, -0.25) is 34.1 Å². The Morgan fingerprint density at radius 2 is 1.47 bits per heavy atom. The van der Waals surface area contributed by atoms with Gasteiger partial charge in [-0.25, -0.2) is 0 Å². The number of thiol groups is 1. The first-order chi connectivity index (χ1) is 20.5. The number of aliphatic carboxylic acids is 3. The maximum absolute atomic E-state index is 12.5. The number of hydrogen-bond acceptors (Lipinski definition) is 8. The molecule has 0 aliphatic heterocycles. The van der Waals surface area contributed by atoms with Gasteiger partial charge in [0, 0.05) is 37.5 Å². The Morgan fingerprint density at radius 1 is 0.791 bits per heavy atom. The first-order valence-electron chi connectivity index (χ1n) is 14.6. The van der Waals surface area contributed by atoms with E-state index in [2.05, 4.69) is 47.7 Å². The van der Waals surface area contributed by atoms with Gasteiger partial charge in [0.25, 0.3) is 0 Å². The van der Waals surface area contributed by atoms with Crippen LogP contribution in [-0.2, 0) is 28.8 Å². The van der Waals surface area contributed by atoms with Gasteiger partial charge in [0.1, 0.15) is 24.4 Å². The quantitative estimate of drug-likeness (QED) is 0.0426. The van der Waals surface area contributed by atoms with Gasteiger partial charge >= 0.3 is 17.9 Å². The van der Waals surface area contributed by atoms with Gasteiger partial charge in [-0.1, -0.05) is 56.2 Å². The van der Waals surface area contributed by atoms with Gasteiger partial charge in [-0.2, -0.15) is 12.6 Å². The molecule has 242 valence electrons. The summed E-state index contributed by atoms with van der Waals surface area (Å²) in [5, 5.41) is 34.7. The molecule has 0 bridgehead atoms. The molecule has 0 aliphatic carbocycles. The van der Waals surface area contributed by atoms with Crippen LogP contribution < -0.4 is 16.0 Å². The van der Waals surface area contributed by atoms with Gasteiger partial charge in [0.05, 0.1) is 0 Å². The number of carboxylic acid groups (broad SMARTS) is 3. The van der Waals surface area contributed by atoms with Crippen molar-refractivity contribution in [2.24, 2.45) is 0 Å². The summed E-state index contributed by atoms with van der Waals surface area (Å²) in [5.41, 5.74) is 0. The Labute approximate surface area is 258 Å². The second-order valence-electron chi connectivity index (χ2n) is 9.95. The third kappa shape index (κ3) is 22.8. The van der Waals surface area contributed by atoms with Crippen LogP contribution in [0.4, 0.5) is 0 Å². The van der Waals surface area contributed by atoms with Gasteiger partial charge < -0.3 is 26.0 Å². The van der Waals surface area contributed by atoms with E-state index in [4.69, 9.17) is 10.2 Å². The molecule has 0 aromatic carbocycles. The van der Waals surface area contributed by atoms with E-state index >= 15 is 0 Å². The summed E-state index contributed by atoms with van der Waals surface area (Å²) in [4.78, 5) is 70.3. The molecule has 0 spiro atoms. The molecule has 6 N–H and O–H groups in total. The molecule has 0 saturated heterocycles. The van der Waals surface area contributed by atoms with Crippen LogP contribution in [0.15, 0.2) is 36.5 Å². The van der Waals surface area contributed by atoms with Crippen LogP contribution in [0.5, 0.6) is 0 Å². The van der Waals surface area contributed by atoms with Crippen LogP contribution in [-0.4, -0.2) is 81.2 Å². The third-order valence-corrected chi connectivity index (χ3v) is 6.50. The zero-order valence-corrected chi connectivity index (χ0v) is 25.7. The smallest absolute Gasteiger partial charge is 0.322 e. The maximum Gasteiger partial charge on any atom is 0.322 e. The average molecular weight is 626 g/mol. The van der Waals surface area contributed by atoms with Crippen molar-refractivity contribution < 1.29 is 44.1 Å². The molecule has 0 heterocycles. The zero-order chi connectivity index (χ0) is 32.5. The number of ketones is 1. The van der Waals surface area contributed by atoms with Crippen molar-refractivity contribution >= 4 is 48.1 Å². The monoisotopic (exact) mass is 625 g/mol. The molecular weight excluding hydrogens is 578 g/mol. The van der Waals surface area contributed by atoms with E-state index in [-0.39, 0.29) is 50.1 Å². The lowest BCUT2D eigenvalue weighted by molar-refractivity contribution is -0.140. The van der Waals surface area contributed by atoms with Crippen molar-refractivity contribution in [3.8, 4) is 0 Å². The number of rotatable bonds is 26. The predicted octanol–water partition coefficient (Wildman–Crippen LogP) is 3.04. The molecule has 0 aromatic heterocycles. The number of hydrogen-bond donors (Lipinski definition) is 7. The van der Waals surface area contributed by atoms with E-state index in [1.165, 1.54) is 19.3 Å². The minimum absolute atomic E-state index is 0.0397. The number of allylic oxidation sites excluding steroid dienone is 5. The topological polar surface area (TPSA) is 199 Å². The van der Waals surface area contributed by atoms with Crippen molar-refractivity contribution in [1.82, 2.24) is 16.0 Å². The highest BCUT2D eigenvalue weighted by molar-refractivity contribution is 7.80. The summed E-state index contributed by atoms with van der Waals surface area (Å²) in [6, 6.07) is -2.97. The Hall–Kier alpha value is -3.45. The highest BCUT2D eigenvalue weighted by Crippen LogP contribution is 2.09. The average Bonchev–Trinajstić information content (AvgIpc) is 2.94. The van der Waals surface area contributed by atoms with Crippen molar-refractivity contribution in [3.05, 3.63) is 36.5 Å². The first kappa shape index (κ1) is 39.5. The molecule has 0 rings (SSSR count). The van der Waals surface area contributed by atoms with Crippen LogP contribution in [0.1, 0.15) is 84.0 Å². The number of carbonyl (C=O) groups excluding carboxylic acids is 3. The van der Waals surface area contributed by atoms with E-state index in [1.807, 2.05) is 18.2 Å². The van der Waals surface area contributed by atoms with Gasteiger partial charge in [0.15, 0.2) is 0 Å². The molecule has 43 heavy (non-hydrogen) atoms. The molecule has 1 unspecified atom stereocenters. The first-order valence-corrected chi connectivity index (χ1v) is 15.2. The van der Waals surface area contributed by atoms with E-state index in [9.17, 15) is 33.9 Å². The summed E-state index contributed by atoms with van der Waals surface area (Å²) < 4.78 is 0. The Kier molecular flexibility index (Phi) is 23.1. The van der Waals surface area contributed by atoms with Crippen LogP contribution in [0, 0.1) is 0 Å². The summed E-state index contributed by atoms with van der Waals surface area (Å²) in [5.74, 6) is -5.18. The van der Waals surface area contributed by atoms with Gasteiger partial charge in [-0.05, 0) is 38.5 Å². The van der Waals surface area contributed by atoms with E-state index < -0.39 is 54.4 Å². The minimum atomic E-state index is -1.25. The molecule has 0 saturated carbocycles. The third-order valence-electron chi connectivity index (χ3n) is 6.14. The van der Waals surface area contributed by atoms with Crippen LogP contribution >= 0.6 is 12.6 Å². The molecular formula is C30H47N3O9S. The Bertz CT molecular complexity index is 982. The fraction of sp³-hybridized carbons (Fsp3) is 0.600. The van der Waals surface area contributed by atoms with Gasteiger partial charge in [0.2, 0.25) is 11.8 Å². The van der Waals surface area contributed by atoms with Crippen LogP contribution in [0.2, 0.25) is 0 Å². The van der Waals surface area contributed by atoms with Crippen molar-refractivity contribution in [3.63, 3.8) is 0 Å². The Balaban J connectivity index is 5.17. The van der Waals surface area contributed by atoms with Crippen LogP contribution in [0.25, 0.3) is 0 Å². The predicted molar refractivity (Wildman–Crippen MR) is 166 cm³/mol. The SMILES string of the molecule is CCCCCC=CCC=CCC=CC(CC(=O)CCCC(=O)O)N[C@@H](CCC(=O)N[C@@H](CS)C(=O)NCC(=O)O)C(=O)O. The summed E-state index contributed by atoms with van der Waals surface area (Å²) in [7, 11) is 0. The summed E-state index contributed by atoms with van der Waals surface area (Å²) in [6.07, 6.45) is 17.3. The second-order valence-corrected chi connectivity index (χ2v) is 10.3. The number of amides is 2. The normalized spacial score (nSPS) is 13.6. The second kappa shape index (κ2) is 25.1. The van der Waals surface area contributed by atoms with Crippen molar-refractivity contribution in [2.75, 3.05) is 12.3 Å². The van der Waals surface area contributed by atoms with Crippen LogP contribution in [0.3, 0.4) is 0 Å². The molecule has 12 nitrogen and oxygen atoms in total. The van der Waals surface area contributed by atoms with E-state index in [1.54, 1.807) is 6.08 Å². The molecule has 13 heteroatoms. The minimum Gasteiger partial charge on any atom is -0.481 e. The number of carbonyl (C=O) groups is 6. The van der Waals surface area contributed by atoms with E-state index in [0.717, 1.165) is 12.8 Å². The fourth-order valence-electron chi connectivity index (χ4n) is 3.84. The number of carboxylic acids is 3. The molecule has 2 amide bonds. The Morgan fingerprint density at radius 3 is 2.07 bits per heavy atom. The lowest BCUT2D eigenvalue weighted by Crippen LogP contribution is -2.49. The molecule has 3 atom stereocenters. The zero-order valence-electron chi connectivity index (χ0n) is 24.8. The fourth-order valence-corrected chi connectivity index (χ4v) is 4.10. The lowest BCUT2D eigenvalue weighted by Gasteiger charge is -2.21. The summed E-state index contributed by atoms with van der Waals surface area (Å²) in [6.45, 7) is 1.54. The maximum atomic E-state index is 12.5. The number of nitrogens with one attached hydrogen (secondary N) is 3. The van der Waals surface area contributed by atoms with Crippen molar-refractivity contribution in [2.45, 2.75) is 102 Å². The molecule has 0 radical (unpaired) electrons. The largest absolute Gasteiger partial charge is 0.481 e. The van der Waals surface area contributed by atoms with Gasteiger partial charge in [-0.15, -0.1) is 0 Å². The van der Waals surface area contributed by atoms with Crippen molar-refractivity contribution in [1.29, 1.82) is 0 Å². The lowest BCUT2D eigenvalue weighted by atomic mass is 10.0. The highest BCUT2D eigenvalue weighted by atomic mass is 32.1.